The van der Waals surface area contributed by atoms with Gasteiger partial charge in [-0.3, -0.25) is 4.90 Å². The zero-order valence-corrected chi connectivity index (χ0v) is 19.6. The molecule has 176 valence electrons. The molecule has 1 aromatic heterocycles. The molecular weight excluding hydrogens is 394 g/mol. The van der Waals surface area contributed by atoms with Gasteiger partial charge in [0.15, 0.2) is 5.82 Å². The second-order valence-electron chi connectivity index (χ2n) is 10.8. The lowest BCUT2D eigenvalue weighted by molar-refractivity contribution is -0.306. The summed E-state index contributed by atoms with van der Waals surface area (Å²) in [6.07, 6.45) is 10.4. The van der Waals surface area contributed by atoms with Crippen LogP contribution in [0.3, 0.4) is 0 Å². The molecule has 7 nitrogen and oxygen atoms in total. The standard InChI is InChI=1S/C24H41N3O4/c1-23(2,3)24(11-5-4-6-12-24)13-7-8-18(16-21(29)30)22-25-20(26-31-22)17-27-14-9-19(28)10-15-27/h18-19,28H,4-17H2,1-3H3,(H,29,30)/p-1. The SMILES string of the molecule is CC(C)(C)C1(CCCC(CC(=O)[O-])c2nc(CN3CCC(O)CC3)no2)CCCCC1. The van der Waals surface area contributed by atoms with Gasteiger partial charge in [0.05, 0.1) is 12.6 Å². The fourth-order valence-corrected chi connectivity index (χ4v) is 5.58. The molecule has 7 heteroatoms. The van der Waals surface area contributed by atoms with Crippen LogP contribution in [0, 0.1) is 10.8 Å². The quantitative estimate of drug-likeness (QED) is 0.635. The molecule has 1 saturated heterocycles. The Balaban J connectivity index is 1.60. The van der Waals surface area contributed by atoms with E-state index in [-0.39, 0.29) is 23.9 Å². The number of carboxylic acids is 1. The van der Waals surface area contributed by atoms with E-state index in [9.17, 15) is 15.0 Å². The smallest absolute Gasteiger partial charge is 0.230 e. The molecule has 2 aliphatic rings. The fraction of sp³-hybridized carbons (Fsp3) is 0.875. The van der Waals surface area contributed by atoms with Crippen molar-refractivity contribution in [2.24, 2.45) is 10.8 Å². The number of aliphatic hydroxyl groups excluding tert-OH is 1. The van der Waals surface area contributed by atoms with Crippen molar-refractivity contribution in [2.75, 3.05) is 13.1 Å². The molecule has 0 spiro atoms. The largest absolute Gasteiger partial charge is 0.550 e. The van der Waals surface area contributed by atoms with E-state index in [1.165, 1.54) is 32.1 Å². The van der Waals surface area contributed by atoms with Crippen molar-refractivity contribution in [3.8, 4) is 0 Å². The van der Waals surface area contributed by atoms with Gasteiger partial charge in [-0.1, -0.05) is 51.6 Å². The van der Waals surface area contributed by atoms with Crippen LogP contribution in [0.2, 0.25) is 0 Å². The second kappa shape index (κ2) is 10.4. The maximum Gasteiger partial charge on any atom is 0.230 e. The van der Waals surface area contributed by atoms with Gasteiger partial charge in [0.25, 0.3) is 0 Å². The van der Waals surface area contributed by atoms with Crippen LogP contribution >= 0.6 is 0 Å². The highest BCUT2D eigenvalue weighted by Crippen LogP contribution is 2.53. The van der Waals surface area contributed by atoms with Crippen molar-refractivity contribution in [3.05, 3.63) is 11.7 Å². The van der Waals surface area contributed by atoms with Gasteiger partial charge >= 0.3 is 0 Å². The Hall–Kier alpha value is -1.47. The third-order valence-electron chi connectivity index (χ3n) is 7.78. The second-order valence-corrected chi connectivity index (χ2v) is 10.8. The molecule has 1 aliphatic carbocycles. The van der Waals surface area contributed by atoms with Crippen LogP contribution in [-0.4, -0.2) is 45.3 Å². The Bertz CT molecular complexity index is 698. The summed E-state index contributed by atoms with van der Waals surface area (Å²) >= 11 is 0. The number of aromatic nitrogens is 2. The van der Waals surface area contributed by atoms with Crippen LogP contribution < -0.4 is 5.11 Å². The van der Waals surface area contributed by atoms with Crippen molar-refractivity contribution in [1.29, 1.82) is 0 Å². The summed E-state index contributed by atoms with van der Waals surface area (Å²) in [5.41, 5.74) is 0.576. The highest BCUT2D eigenvalue weighted by atomic mass is 16.5. The van der Waals surface area contributed by atoms with Crippen molar-refractivity contribution < 1.29 is 19.5 Å². The third kappa shape index (κ3) is 6.51. The molecule has 1 saturated carbocycles. The third-order valence-corrected chi connectivity index (χ3v) is 7.78. The van der Waals surface area contributed by atoms with E-state index in [0.29, 0.717) is 23.7 Å². The van der Waals surface area contributed by atoms with Crippen LogP contribution in [-0.2, 0) is 11.3 Å². The van der Waals surface area contributed by atoms with E-state index in [0.717, 1.165) is 45.2 Å². The molecule has 1 aliphatic heterocycles. The summed E-state index contributed by atoms with van der Waals surface area (Å²) in [4.78, 5) is 18.1. The Labute approximate surface area is 186 Å². The van der Waals surface area contributed by atoms with Gasteiger partial charge in [0.2, 0.25) is 5.89 Å². The molecule has 1 unspecified atom stereocenters. The van der Waals surface area contributed by atoms with Crippen molar-refractivity contribution in [2.45, 2.75) is 110 Å². The van der Waals surface area contributed by atoms with Crippen molar-refractivity contribution in [1.82, 2.24) is 15.0 Å². The van der Waals surface area contributed by atoms with Gasteiger partial charge in [-0.05, 0) is 55.8 Å². The molecule has 1 N–H and O–H groups in total. The molecule has 0 bridgehead atoms. The maximum absolute atomic E-state index is 11.4. The van der Waals surface area contributed by atoms with Gasteiger partial charge < -0.3 is 19.5 Å². The Morgan fingerprint density at radius 2 is 1.94 bits per heavy atom. The minimum atomic E-state index is -1.07. The summed E-state index contributed by atoms with van der Waals surface area (Å²) < 4.78 is 5.50. The number of aliphatic hydroxyl groups is 1. The topological polar surface area (TPSA) is 103 Å². The first kappa shape index (κ1) is 24.2. The normalized spacial score (nSPS) is 21.8. The highest BCUT2D eigenvalue weighted by molar-refractivity contribution is 5.65. The van der Waals surface area contributed by atoms with Crippen LogP contribution in [0.25, 0.3) is 0 Å². The zero-order chi connectivity index (χ0) is 22.5. The molecule has 0 radical (unpaired) electrons. The summed E-state index contributed by atoms with van der Waals surface area (Å²) in [6, 6.07) is 0. The van der Waals surface area contributed by atoms with Gasteiger partial charge in [-0.25, -0.2) is 0 Å². The first-order chi connectivity index (χ1) is 14.7. The van der Waals surface area contributed by atoms with Gasteiger partial charge in [-0.2, -0.15) is 4.98 Å². The lowest BCUT2D eigenvalue weighted by Gasteiger charge is -2.48. The Morgan fingerprint density at radius 1 is 1.26 bits per heavy atom. The molecule has 0 amide bonds. The lowest BCUT2D eigenvalue weighted by Crippen LogP contribution is -2.37. The Morgan fingerprint density at radius 3 is 2.55 bits per heavy atom. The first-order valence-electron chi connectivity index (χ1n) is 12.1. The number of carbonyl (C=O) groups excluding carboxylic acids is 1. The van der Waals surface area contributed by atoms with E-state index >= 15 is 0 Å². The summed E-state index contributed by atoms with van der Waals surface area (Å²) in [6.45, 7) is 9.23. The van der Waals surface area contributed by atoms with E-state index in [4.69, 9.17) is 4.52 Å². The van der Waals surface area contributed by atoms with Crippen LogP contribution in [0.5, 0.6) is 0 Å². The first-order valence-corrected chi connectivity index (χ1v) is 12.1. The zero-order valence-electron chi connectivity index (χ0n) is 19.6. The summed E-state index contributed by atoms with van der Waals surface area (Å²) in [5.74, 6) is -0.356. The summed E-state index contributed by atoms with van der Waals surface area (Å²) in [5, 5.41) is 25.2. The van der Waals surface area contributed by atoms with E-state index in [2.05, 4.69) is 35.8 Å². The summed E-state index contributed by atoms with van der Waals surface area (Å²) in [7, 11) is 0. The maximum atomic E-state index is 11.4. The number of aliphatic carboxylic acids is 1. The van der Waals surface area contributed by atoms with Gasteiger partial charge in [0.1, 0.15) is 0 Å². The van der Waals surface area contributed by atoms with Crippen LogP contribution in [0.1, 0.15) is 109 Å². The van der Waals surface area contributed by atoms with Crippen molar-refractivity contribution in [3.63, 3.8) is 0 Å². The number of nitrogens with zero attached hydrogens (tertiary/aromatic N) is 3. The molecule has 3 rings (SSSR count). The minimum absolute atomic E-state index is 0.0833. The minimum Gasteiger partial charge on any atom is -0.550 e. The van der Waals surface area contributed by atoms with Gasteiger partial charge in [-0.15, -0.1) is 0 Å². The van der Waals surface area contributed by atoms with Gasteiger partial charge in [0, 0.05) is 25.0 Å². The van der Waals surface area contributed by atoms with E-state index in [1.54, 1.807) is 0 Å². The molecule has 1 atom stereocenters. The fourth-order valence-electron chi connectivity index (χ4n) is 5.58. The average Bonchev–Trinajstić information content (AvgIpc) is 3.17. The molecule has 0 aromatic carbocycles. The lowest BCUT2D eigenvalue weighted by atomic mass is 9.57. The number of hydrogen-bond donors (Lipinski definition) is 1. The van der Waals surface area contributed by atoms with E-state index < -0.39 is 5.97 Å². The number of carbonyl (C=O) groups is 1. The molecular formula is C24H40N3O4-. The molecule has 2 heterocycles. The Kier molecular flexibility index (Phi) is 8.14. The predicted octanol–water partition coefficient (Wildman–Crippen LogP) is 3.42. The monoisotopic (exact) mass is 434 g/mol. The average molecular weight is 435 g/mol. The molecule has 31 heavy (non-hydrogen) atoms. The molecule has 1 aromatic rings. The van der Waals surface area contributed by atoms with Crippen LogP contribution in [0.4, 0.5) is 0 Å². The number of rotatable bonds is 9. The number of hydrogen-bond acceptors (Lipinski definition) is 7. The highest BCUT2D eigenvalue weighted by Gasteiger charge is 2.41. The van der Waals surface area contributed by atoms with E-state index in [1.807, 2.05) is 0 Å². The number of piperidine rings is 1. The molecule has 2 fully saturated rings. The van der Waals surface area contributed by atoms with Crippen molar-refractivity contribution >= 4 is 5.97 Å². The predicted molar refractivity (Wildman–Crippen MR) is 116 cm³/mol. The van der Waals surface area contributed by atoms with Crippen LogP contribution in [0.15, 0.2) is 4.52 Å². The number of carboxylic acid groups (broad SMARTS) is 1. The number of likely N-dealkylation sites (tertiary alicyclic amines) is 1.